The van der Waals surface area contributed by atoms with Gasteiger partial charge < -0.3 is 15.2 Å². The summed E-state index contributed by atoms with van der Waals surface area (Å²) in [7, 11) is 0. The van der Waals surface area contributed by atoms with Crippen molar-refractivity contribution in [3.05, 3.63) is 36.0 Å². The molecule has 6 heteroatoms. The van der Waals surface area contributed by atoms with Gasteiger partial charge in [0.05, 0.1) is 0 Å². The van der Waals surface area contributed by atoms with E-state index in [1.165, 1.54) is 6.92 Å². The van der Waals surface area contributed by atoms with E-state index in [2.05, 4.69) is 20.8 Å². The molecule has 0 spiro atoms. The summed E-state index contributed by atoms with van der Waals surface area (Å²) in [6.45, 7) is 9.57. The Morgan fingerprint density at radius 2 is 1.77 bits per heavy atom. The minimum atomic E-state index is -0.137. The average Bonchev–Trinajstić information content (AvgIpc) is 2.90. The van der Waals surface area contributed by atoms with Crippen LogP contribution in [0, 0.1) is 0 Å². The molecule has 1 heterocycles. The van der Waals surface area contributed by atoms with E-state index in [1.807, 2.05) is 52.0 Å². The lowest BCUT2D eigenvalue weighted by Crippen LogP contribution is -2.14. The van der Waals surface area contributed by atoms with E-state index in [0.29, 0.717) is 11.7 Å². The van der Waals surface area contributed by atoms with Gasteiger partial charge in [0.1, 0.15) is 6.04 Å². The van der Waals surface area contributed by atoms with Gasteiger partial charge in [0, 0.05) is 23.7 Å². The quantitative estimate of drug-likeness (QED) is 0.903. The minimum Gasteiger partial charge on any atom is -0.374 e. The summed E-state index contributed by atoms with van der Waals surface area (Å²) >= 11 is 0. The maximum Gasteiger partial charge on any atom is 0.248 e. The molecule has 6 nitrogen and oxygen atoms in total. The summed E-state index contributed by atoms with van der Waals surface area (Å²) in [5, 5.41) is 10.0. The second kappa shape index (κ2) is 6.17. The Hall–Kier alpha value is -2.37. The van der Waals surface area contributed by atoms with Crippen molar-refractivity contribution in [2.75, 3.05) is 10.6 Å². The number of nitrogens with one attached hydrogen (secondary N) is 2. The van der Waals surface area contributed by atoms with Crippen molar-refractivity contribution in [3.8, 4) is 0 Å². The van der Waals surface area contributed by atoms with Crippen LogP contribution in [0.3, 0.4) is 0 Å². The molecule has 0 fully saturated rings. The fraction of sp³-hybridized carbons (Fsp3) is 0.438. The molecule has 0 aliphatic carbocycles. The smallest absolute Gasteiger partial charge is 0.248 e. The van der Waals surface area contributed by atoms with Crippen LogP contribution in [0.5, 0.6) is 0 Å². The van der Waals surface area contributed by atoms with Crippen LogP contribution in [0.4, 0.5) is 11.4 Å². The Kier molecular flexibility index (Phi) is 4.49. The first-order valence-corrected chi connectivity index (χ1v) is 7.24. The van der Waals surface area contributed by atoms with Gasteiger partial charge in [-0.3, -0.25) is 4.79 Å². The monoisotopic (exact) mass is 302 g/mol. The van der Waals surface area contributed by atoms with Crippen molar-refractivity contribution >= 4 is 17.3 Å². The predicted molar refractivity (Wildman–Crippen MR) is 85.8 cm³/mol. The molecule has 0 radical (unpaired) electrons. The normalized spacial score (nSPS) is 12.8. The number of carbonyl (C=O) groups excluding carboxylic acids is 1. The van der Waals surface area contributed by atoms with Crippen LogP contribution in [0.2, 0.25) is 0 Å². The van der Waals surface area contributed by atoms with Crippen molar-refractivity contribution in [2.24, 2.45) is 0 Å². The molecule has 22 heavy (non-hydrogen) atoms. The van der Waals surface area contributed by atoms with Crippen LogP contribution in [-0.2, 0) is 10.2 Å². The van der Waals surface area contributed by atoms with Gasteiger partial charge in [-0.05, 0) is 31.2 Å². The number of benzene rings is 1. The highest BCUT2D eigenvalue weighted by Gasteiger charge is 2.23. The molecule has 2 N–H and O–H groups in total. The molecule has 2 aromatic rings. The number of nitrogens with zero attached hydrogens (tertiary/aromatic N) is 2. The highest BCUT2D eigenvalue weighted by molar-refractivity contribution is 5.88. The lowest BCUT2D eigenvalue weighted by molar-refractivity contribution is -0.114. The van der Waals surface area contributed by atoms with Gasteiger partial charge in [-0.25, -0.2) is 0 Å². The zero-order valence-corrected chi connectivity index (χ0v) is 13.6. The Morgan fingerprint density at radius 1 is 1.18 bits per heavy atom. The fourth-order valence-electron chi connectivity index (χ4n) is 1.88. The Morgan fingerprint density at radius 3 is 2.27 bits per heavy atom. The standard InChI is InChI=1S/C16H22N4O2/c1-10(14-19-15(20-22-14)16(3,4)5)17-12-6-8-13(9-7-12)18-11(2)21/h6-10,17H,1-5H3,(H,18,21)/t10-/m0/s1. The third kappa shape index (κ3) is 4.07. The molecule has 118 valence electrons. The van der Waals surface area contributed by atoms with Crippen LogP contribution in [0.1, 0.15) is 52.4 Å². The first-order chi connectivity index (χ1) is 10.3. The molecular formula is C16H22N4O2. The lowest BCUT2D eigenvalue weighted by atomic mass is 9.96. The molecule has 0 aliphatic rings. The van der Waals surface area contributed by atoms with Crippen molar-refractivity contribution < 1.29 is 9.32 Å². The predicted octanol–water partition coefficient (Wildman–Crippen LogP) is 3.50. The molecule has 1 amide bonds. The fourth-order valence-corrected chi connectivity index (χ4v) is 1.88. The molecule has 0 aliphatic heterocycles. The zero-order chi connectivity index (χ0) is 16.3. The molecule has 1 atom stereocenters. The molecule has 0 saturated heterocycles. The van der Waals surface area contributed by atoms with E-state index in [-0.39, 0.29) is 17.4 Å². The maximum atomic E-state index is 11.0. The lowest BCUT2D eigenvalue weighted by Gasteiger charge is -2.13. The van der Waals surface area contributed by atoms with Crippen molar-refractivity contribution in [1.82, 2.24) is 10.1 Å². The van der Waals surface area contributed by atoms with Gasteiger partial charge in [0.25, 0.3) is 0 Å². The third-order valence-electron chi connectivity index (χ3n) is 3.07. The van der Waals surface area contributed by atoms with Crippen LogP contribution in [-0.4, -0.2) is 16.0 Å². The zero-order valence-electron chi connectivity index (χ0n) is 13.6. The molecule has 0 unspecified atom stereocenters. The second-order valence-corrected chi connectivity index (χ2v) is 6.33. The second-order valence-electron chi connectivity index (χ2n) is 6.33. The topological polar surface area (TPSA) is 80.0 Å². The van der Waals surface area contributed by atoms with E-state index in [9.17, 15) is 4.79 Å². The van der Waals surface area contributed by atoms with E-state index in [4.69, 9.17) is 4.52 Å². The van der Waals surface area contributed by atoms with Gasteiger partial charge in [0.2, 0.25) is 11.8 Å². The van der Waals surface area contributed by atoms with Crippen molar-refractivity contribution in [2.45, 2.75) is 46.1 Å². The first kappa shape index (κ1) is 16.0. The van der Waals surface area contributed by atoms with Crippen LogP contribution in [0.25, 0.3) is 0 Å². The first-order valence-electron chi connectivity index (χ1n) is 7.24. The third-order valence-corrected chi connectivity index (χ3v) is 3.07. The molecule has 0 saturated carbocycles. The summed E-state index contributed by atoms with van der Waals surface area (Å²) in [6.07, 6.45) is 0. The average molecular weight is 302 g/mol. The van der Waals surface area contributed by atoms with E-state index < -0.39 is 0 Å². The number of carbonyl (C=O) groups is 1. The van der Waals surface area contributed by atoms with E-state index in [1.54, 1.807) is 0 Å². The van der Waals surface area contributed by atoms with Gasteiger partial charge >= 0.3 is 0 Å². The Balaban J connectivity index is 2.04. The number of aromatic nitrogens is 2. The number of hydrogen-bond donors (Lipinski definition) is 2. The summed E-state index contributed by atoms with van der Waals surface area (Å²) in [4.78, 5) is 15.4. The molecule has 1 aromatic carbocycles. The van der Waals surface area contributed by atoms with Crippen molar-refractivity contribution in [1.29, 1.82) is 0 Å². The largest absolute Gasteiger partial charge is 0.374 e. The molecule has 2 rings (SSSR count). The van der Waals surface area contributed by atoms with E-state index >= 15 is 0 Å². The summed E-state index contributed by atoms with van der Waals surface area (Å²) in [5.41, 5.74) is 1.54. The Labute approximate surface area is 130 Å². The van der Waals surface area contributed by atoms with Gasteiger partial charge in [-0.15, -0.1) is 0 Å². The maximum absolute atomic E-state index is 11.0. The highest BCUT2D eigenvalue weighted by Crippen LogP contribution is 2.23. The Bertz CT molecular complexity index is 641. The summed E-state index contributed by atoms with van der Waals surface area (Å²) < 4.78 is 5.32. The molecule has 0 bridgehead atoms. The van der Waals surface area contributed by atoms with Gasteiger partial charge in [0.15, 0.2) is 5.82 Å². The van der Waals surface area contributed by atoms with Gasteiger partial charge in [-0.1, -0.05) is 25.9 Å². The van der Waals surface area contributed by atoms with Crippen LogP contribution in [0.15, 0.2) is 28.8 Å². The van der Waals surface area contributed by atoms with Crippen LogP contribution < -0.4 is 10.6 Å². The van der Waals surface area contributed by atoms with Crippen LogP contribution >= 0.6 is 0 Å². The molecular weight excluding hydrogens is 280 g/mol. The number of hydrogen-bond acceptors (Lipinski definition) is 5. The SMILES string of the molecule is CC(=O)Nc1ccc(N[C@@H](C)c2nc(C(C)(C)C)no2)cc1. The number of rotatable bonds is 4. The van der Waals surface area contributed by atoms with Gasteiger partial charge in [-0.2, -0.15) is 4.98 Å². The number of amides is 1. The number of anilines is 2. The minimum absolute atomic E-state index is 0.0883. The summed E-state index contributed by atoms with van der Waals surface area (Å²) in [5.74, 6) is 1.16. The van der Waals surface area contributed by atoms with E-state index in [0.717, 1.165) is 11.4 Å². The van der Waals surface area contributed by atoms with Crippen molar-refractivity contribution in [3.63, 3.8) is 0 Å². The summed E-state index contributed by atoms with van der Waals surface area (Å²) in [6, 6.07) is 7.36. The highest BCUT2D eigenvalue weighted by atomic mass is 16.5. The molecule has 1 aromatic heterocycles.